The van der Waals surface area contributed by atoms with Crippen molar-refractivity contribution >= 4 is 0 Å². The Morgan fingerprint density at radius 1 is 1.05 bits per heavy atom. The Morgan fingerprint density at radius 3 is 2.59 bits per heavy atom. The van der Waals surface area contributed by atoms with Gasteiger partial charge in [0.15, 0.2) is 0 Å². The van der Waals surface area contributed by atoms with Gasteiger partial charge in [-0.2, -0.15) is 0 Å². The number of hydrogen-bond acceptors (Lipinski definition) is 3. The number of aliphatic hydroxyl groups is 3. The average Bonchev–Trinajstić information content (AvgIpc) is 2.72. The Bertz CT molecular complexity index is 539. The number of rotatable bonds is 0. The molecule has 0 unspecified atom stereocenters. The van der Waals surface area contributed by atoms with Crippen LogP contribution in [0.3, 0.4) is 0 Å². The van der Waals surface area contributed by atoms with E-state index >= 15 is 0 Å². The second-order valence-corrected chi connectivity index (χ2v) is 8.66. The van der Waals surface area contributed by atoms with Crippen molar-refractivity contribution in [1.82, 2.24) is 0 Å². The van der Waals surface area contributed by atoms with Gasteiger partial charge in [0.1, 0.15) is 0 Å². The molecule has 0 aromatic heterocycles. The van der Waals surface area contributed by atoms with Crippen LogP contribution in [0, 0.1) is 34.5 Å². The van der Waals surface area contributed by atoms with Gasteiger partial charge in [-0.05, 0) is 60.3 Å². The smallest absolute Gasteiger partial charge is 0.0889 e. The predicted octanol–water partition coefficient (Wildman–Crippen LogP) is 3.19. The molecule has 0 saturated heterocycles. The van der Waals surface area contributed by atoms with Crippen molar-refractivity contribution in [2.75, 3.05) is 0 Å². The van der Waals surface area contributed by atoms with Crippen LogP contribution in [-0.2, 0) is 0 Å². The van der Waals surface area contributed by atoms with Crippen molar-refractivity contribution in [3.05, 3.63) is 24.0 Å². The normalized spacial score (nSPS) is 56.8. The van der Waals surface area contributed by atoms with E-state index in [1.54, 1.807) is 0 Å². The summed E-state index contributed by atoms with van der Waals surface area (Å²) in [5.41, 5.74) is 0.0756. The minimum atomic E-state index is -0.576. The van der Waals surface area contributed by atoms with Crippen LogP contribution in [0.4, 0.5) is 0 Å². The maximum Gasteiger partial charge on any atom is 0.0889 e. The standard InChI is InChI=1S/C19H28O3/c1-18-7-5-12(20)9-11(18)3-4-13-14(18)6-8-19(2)15(13)10-16(21)17(19)22/h3-4,9,11,13-17,20-22H,5-8,10H2,1-2H3/t11-,13+,14-,15-,16+,17-,18-,19-/m0/s1. The molecule has 4 aliphatic rings. The molecule has 0 aromatic carbocycles. The van der Waals surface area contributed by atoms with E-state index in [-0.39, 0.29) is 10.8 Å². The van der Waals surface area contributed by atoms with Gasteiger partial charge < -0.3 is 15.3 Å². The molecule has 3 N–H and O–H groups in total. The largest absolute Gasteiger partial charge is 0.513 e. The SMILES string of the molecule is C[C@]12CCC(O)=C[C@@H]1C=C[C@@H]1[C@@H]2CC[C@]2(C)[C@@H](O)[C@H](O)C[C@@H]12. The van der Waals surface area contributed by atoms with E-state index < -0.39 is 12.2 Å². The Balaban J connectivity index is 1.72. The zero-order chi connectivity index (χ0) is 15.7. The first-order valence-electron chi connectivity index (χ1n) is 8.80. The minimum Gasteiger partial charge on any atom is -0.513 e. The molecule has 0 heterocycles. The van der Waals surface area contributed by atoms with E-state index in [4.69, 9.17) is 0 Å². The molecule has 4 rings (SSSR count). The summed E-state index contributed by atoms with van der Waals surface area (Å²) in [5.74, 6) is 2.31. The van der Waals surface area contributed by atoms with E-state index in [1.165, 1.54) is 0 Å². The fourth-order valence-corrected chi connectivity index (χ4v) is 6.23. The molecule has 0 aliphatic heterocycles. The highest BCUT2D eigenvalue weighted by molar-refractivity contribution is 5.24. The lowest BCUT2D eigenvalue weighted by molar-refractivity contribution is -0.0780. The van der Waals surface area contributed by atoms with Crippen LogP contribution in [0.25, 0.3) is 0 Å². The summed E-state index contributed by atoms with van der Waals surface area (Å²) in [6.45, 7) is 4.55. The van der Waals surface area contributed by atoms with Crippen LogP contribution >= 0.6 is 0 Å². The Kier molecular flexibility index (Phi) is 3.09. The van der Waals surface area contributed by atoms with Crippen molar-refractivity contribution < 1.29 is 15.3 Å². The monoisotopic (exact) mass is 304 g/mol. The van der Waals surface area contributed by atoms with Crippen LogP contribution in [0.5, 0.6) is 0 Å². The van der Waals surface area contributed by atoms with Crippen molar-refractivity contribution in [1.29, 1.82) is 0 Å². The predicted molar refractivity (Wildman–Crippen MR) is 85.1 cm³/mol. The Labute approximate surface area is 132 Å². The lowest BCUT2D eigenvalue weighted by Crippen LogP contribution is -2.51. The summed E-state index contributed by atoms with van der Waals surface area (Å²) >= 11 is 0. The third-order valence-electron chi connectivity index (χ3n) is 7.75. The Morgan fingerprint density at radius 2 is 1.82 bits per heavy atom. The Hall–Kier alpha value is -0.800. The summed E-state index contributed by atoms with van der Waals surface area (Å²) in [6, 6.07) is 0. The molecule has 0 spiro atoms. The lowest BCUT2D eigenvalue weighted by atomic mass is 9.48. The molecule has 8 atom stereocenters. The maximum atomic E-state index is 10.5. The highest BCUT2D eigenvalue weighted by atomic mass is 16.3. The second-order valence-electron chi connectivity index (χ2n) is 8.66. The van der Waals surface area contributed by atoms with E-state index in [1.807, 2.05) is 6.08 Å². The van der Waals surface area contributed by atoms with Crippen LogP contribution < -0.4 is 0 Å². The van der Waals surface area contributed by atoms with Gasteiger partial charge >= 0.3 is 0 Å². The minimum absolute atomic E-state index is 0.138. The summed E-state index contributed by atoms with van der Waals surface area (Å²) in [7, 11) is 0. The fraction of sp³-hybridized carbons (Fsp3) is 0.789. The van der Waals surface area contributed by atoms with Gasteiger partial charge in [-0.3, -0.25) is 0 Å². The molecule has 4 aliphatic carbocycles. The van der Waals surface area contributed by atoms with Crippen LogP contribution in [-0.4, -0.2) is 27.5 Å². The van der Waals surface area contributed by atoms with Crippen LogP contribution in [0.2, 0.25) is 0 Å². The first-order valence-corrected chi connectivity index (χ1v) is 8.80. The maximum absolute atomic E-state index is 10.5. The molecule has 122 valence electrons. The van der Waals surface area contributed by atoms with Gasteiger partial charge in [0.05, 0.1) is 18.0 Å². The molecule has 0 aromatic rings. The molecule has 2 saturated carbocycles. The van der Waals surface area contributed by atoms with Crippen LogP contribution in [0.15, 0.2) is 24.0 Å². The number of fused-ring (bicyclic) bond motifs is 5. The third-order valence-corrected chi connectivity index (χ3v) is 7.75. The van der Waals surface area contributed by atoms with Gasteiger partial charge in [-0.1, -0.05) is 26.0 Å². The number of aliphatic hydroxyl groups excluding tert-OH is 3. The summed E-state index contributed by atoms with van der Waals surface area (Å²) < 4.78 is 0. The highest BCUT2D eigenvalue weighted by Gasteiger charge is 2.60. The van der Waals surface area contributed by atoms with Crippen LogP contribution in [0.1, 0.15) is 46.0 Å². The molecule has 2 fully saturated rings. The number of hydrogen-bond donors (Lipinski definition) is 3. The molecular weight excluding hydrogens is 276 g/mol. The average molecular weight is 304 g/mol. The quantitative estimate of drug-likeness (QED) is 0.602. The lowest BCUT2D eigenvalue weighted by Gasteiger charge is -2.56. The van der Waals surface area contributed by atoms with E-state index in [2.05, 4.69) is 26.0 Å². The molecule has 22 heavy (non-hydrogen) atoms. The number of allylic oxidation sites excluding steroid dienone is 4. The molecule has 0 amide bonds. The fourth-order valence-electron chi connectivity index (χ4n) is 6.23. The second kappa shape index (κ2) is 4.61. The van der Waals surface area contributed by atoms with Crippen molar-refractivity contribution in [2.45, 2.75) is 58.2 Å². The zero-order valence-corrected chi connectivity index (χ0v) is 13.6. The van der Waals surface area contributed by atoms with E-state index in [0.29, 0.717) is 29.4 Å². The van der Waals surface area contributed by atoms with Crippen molar-refractivity contribution in [3.63, 3.8) is 0 Å². The van der Waals surface area contributed by atoms with Gasteiger partial charge in [-0.25, -0.2) is 0 Å². The molecule has 0 radical (unpaired) electrons. The van der Waals surface area contributed by atoms with Crippen molar-refractivity contribution in [2.24, 2.45) is 34.5 Å². The zero-order valence-electron chi connectivity index (χ0n) is 13.6. The van der Waals surface area contributed by atoms with Gasteiger partial charge in [-0.15, -0.1) is 0 Å². The van der Waals surface area contributed by atoms with Gasteiger partial charge in [0.25, 0.3) is 0 Å². The molecule has 3 heteroatoms. The van der Waals surface area contributed by atoms with E-state index in [0.717, 1.165) is 32.1 Å². The highest BCUT2D eigenvalue weighted by Crippen LogP contribution is 2.64. The van der Waals surface area contributed by atoms with Crippen molar-refractivity contribution in [3.8, 4) is 0 Å². The van der Waals surface area contributed by atoms with Gasteiger partial charge in [0, 0.05) is 12.3 Å². The first kappa shape index (κ1) is 14.8. The molecule has 0 bridgehead atoms. The summed E-state index contributed by atoms with van der Waals surface area (Å²) in [4.78, 5) is 0. The summed E-state index contributed by atoms with van der Waals surface area (Å²) in [5, 5.41) is 30.5. The topological polar surface area (TPSA) is 60.7 Å². The summed E-state index contributed by atoms with van der Waals surface area (Å²) in [6.07, 6.45) is 10.2. The molecular formula is C19H28O3. The third kappa shape index (κ3) is 1.75. The van der Waals surface area contributed by atoms with Gasteiger partial charge in [0.2, 0.25) is 0 Å². The molecule has 3 nitrogen and oxygen atoms in total. The van der Waals surface area contributed by atoms with E-state index in [9.17, 15) is 15.3 Å². The first-order chi connectivity index (χ1) is 10.4.